The molecule has 9 heteroatoms. The van der Waals surface area contributed by atoms with Gasteiger partial charge in [0, 0.05) is 12.1 Å². The third-order valence-corrected chi connectivity index (χ3v) is 4.36. The van der Waals surface area contributed by atoms with Gasteiger partial charge in [-0.3, -0.25) is 9.89 Å². The lowest BCUT2D eigenvalue weighted by Crippen LogP contribution is -2.30. The molecule has 0 aliphatic rings. The van der Waals surface area contributed by atoms with E-state index in [0.717, 1.165) is 5.56 Å². The summed E-state index contributed by atoms with van der Waals surface area (Å²) in [6, 6.07) is 7.24. The fourth-order valence-electron chi connectivity index (χ4n) is 2.72. The lowest BCUT2D eigenvalue weighted by Gasteiger charge is -2.20. The lowest BCUT2D eigenvalue weighted by molar-refractivity contribution is 0.101. The number of ketones is 1. The van der Waals surface area contributed by atoms with Gasteiger partial charge in [0.05, 0.1) is 12.6 Å². The Morgan fingerprint density at radius 3 is 2.74 bits per heavy atom. The van der Waals surface area contributed by atoms with Gasteiger partial charge in [-0.05, 0) is 18.4 Å². The zero-order valence-corrected chi connectivity index (χ0v) is 15.5. The van der Waals surface area contributed by atoms with Crippen LogP contribution in [-0.2, 0) is 6.54 Å². The van der Waals surface area contributed by atoms with E-state index in [2.05, 4.69) is 36.0 Å². The number of anilines is 2. The molecule has 3 aromatic rings. The highest BCUT2D eigenvalue weighted by Gasteiger charge is 2.17. The van der Waals surface area contributed by atoms with Crippen molar-refractivity contribution in [3.8, 4) is 0 Å². The normalized spacial score (nSPS) is 12.3. The molecule has 27 heavy (non-hydrogen) atoms. The number of carbonyl (C=O) groups excluding carboxylic acids is 1. The molecule has 142 valence electrons. The molecule has 0 bridgehead atoms. The van der Waals surface area contributed by atoms with Gasteiger partial charge in [0.15, 0.2) is 11.6 Å². The SMILES string of the molecule is CC(=O)c1ccccc1CNc1nc(N[C@@H](CO)C(C)C)nc2nn[nH]c12. The second-order valence-electron chi connectivity index (χ2n) is 6.65. The number of fused-ring (bicyclic) bond motifs is 1. The molecule has 0 saturated heterocycles. The third kappa shape index (κ3) is 4.20. The van der Waals surface area contributed by atoms with Crippen LogP contribution in [0, 0.1) is 5.92 Å². The van der Waals surface area contributed by atoms with Crippen molar-refractivity contribution in [3.05, 3.63) is 35.4 Å². The molecule has 2 heterocycles. The third-order valence-electron chi connectivity index (χ3n) is 4.36. The number of aromatic nitrogens is 5. The van der Waals surface area contributed by atoms with Crippen molar-refractivity contribution in [2.45, 2.75) is 33.4 Å². The van der Waals surface area contributed by atoms with E-state index in [-0.39, 0.29) is 24.3 Å². The summed E-state index contributed by atoms with van der Waals surface area (Å²) in [4.78, 5) is 20.6. The molecule has 0 spiro atoms. The Morgan fingerprint density at radius 2 is 2.04 bits per heavy atom. The number of Topliss-reactive ketones (excluding diaryl/α,β-unsaturated/α-hetero) is 1. The predicted molar refractivity (Wildman–Crippen MR) is 103 cm³/mol. The van der Waals surface area contributed by atoms with E-state index >= 15 is 0 Å². The first kappa shape index (κ1) is 18.7. The smallest absolute Gasteiger partial charge is 0.227 e. The highest BCUT2D eigenvalue weighted by molar-refractivity contribution is 5.95. The molecular weight excluding hydrogens is 346 g/mol. The van der Waals surface area contributed by atoms with E-state index in [4.69, 9.17) is 0 Å². The number of hydrogen-bond donors (Lipinski definition) is 4. The molecule has 2 aromatic heterocycles. The summed E-state index contributed by atoms with van der Waals surface area (Å²) in [5.74, 6) is 1.08. The Bertz CT molecular complexity index is 938. The lowest BCUT2D eigenvalue weighted by atomic mass is 10.0. The average molecular weight is 369 g/mol. The maximum atomic E-state index is 11.8. The van der Waals surface area contributed by atoms with Crippen molar-refractivity contribution in [2.24, 2.45) is 5.92 Å². The van der Waals surface area contributed by atoms with E-state index in [1.54, 1.807) is 13.0 Å². The highest BCUT2D eigenvalue weighted by atomic mass is 16.3. The number of aliphatic hydroxyl groups is 1. The van der Waals surface area contributed by atoms with Gasteiger partial charge in [-0.1, -0.05) is 43.3 Å². The quantitative estimate of drug-likeness (QED) is 0.444. The van der Waals surface area contributed by atoms with Gasteiger partial charge < -0.3 is 15.7 Å². The largest absolute Gasteiger partial charge is 0.394 e. The standard InChI is InChI=1S/C18H23N7O2/c1-10(2)14(9-26)20-18-21-16(15-17(22-18)24-25-23-15)19-8-12-6-4-5-7-13(12)11(3)27/h4-7,10,14,26H,8-9H2,1-3H3,(H3,19,20,21,22,23,24,25)/t14-/m0/s1. The number of benzene rings is 1. The zero-order valence-electron chi connectivity index (χ0n) is 15.5. The van der Waals surface area contributed by atoms with Crippen molar-refractivity contribution >= 4 is 28.7 Å². The molecule has 0 amide bonds. The second kappa shape index (κ2) is 8.09. The number of aromatic amines is 1. The molecule has 1 aromatic carbocycles. The van der Waals surface area contributed by atoms with Crippen LogP contribution in [0.5, 0.6) is 0 Å². The minimum atomic E-state index is -0.180. The molecule has 0 saturated carbocycles. The summed E-state index contributed by atoms with van der Waals surface area (Å²) in [7, 11) is 0. The summed E-state index contributed by atoms with van der Waals surface area (Å²) in [6.45, 7) is 5.92. The molecule has 0 radical (unpaired) electrons. The summed E-state index contributed by atoms with van der Waals surface area (Å²) in [5.41, 5.74) is 2.52. The fourth-order valence-corrected chi connectivity index (χ4v) is 2.72. The van der Waals surface area contributed by atoms with Crippen LogP contribution in [0.2, 0.25) is 0 Å². The second-order valence-corrected chi connectivity index (χ2v) is 6.65. The van der Waals surface area contributed by atoms with Crippen molar-refractivity contribution in [2.75, 3.05) is 17.2 Å². The predicted octanol–water partition coefficient (Wildman–Crippen LogP) is 1.99. The van der Waals surface area contributed by atoms with Gasteiger partial charge in [0.25, 0.3) is 0 Å². The summed E-state index contributed by atoms with van der Waals surface area (Å²) in [6.07, 6.45) is 0. The van der Waals surface area contributed by atoms with Crippen molar-refractivity contribution in [1.82, 2.24) is 25.4 Å². The Balaban J connectivity index is 1.88. The van der Waals surface area contributed by atoms with Crippen LogP contribution < -0.4 is 10.6 Å². The van der Waals surface area contributed by atoms with Crippen LogP contribution in [-0.4, -0.2) is 48.9 Å². The Labute approximate surface area is 156 Å². The fraction of sp³-hybridized carbons (Fsp3) is 0.389. The molecule has 0 unspecified atom stereocenters. The van der Waals surface area contributed by atoms with Gasteiger partial charge in [-0.25, -0.2) is 0 Å². The first-order chi connectivity index (χ1) is 13.0. The van der Waals surface area contributed by atoms with Gasteiger partial charge in [-0.2, -0.15) is 9.97 Å². The van der Waals surface area contributed by atoms with E-state index in [1.807, 2.05) is 32.0 Å². The van der Waals surface area contributed by atoms with Crippen LogP contribution in [0.4, 0.5) is 11.8 Å². The number of carbonyl (C=O) groups is 1. The topological polar surface area (TPSA) is 129 Å². The van der Waals surface area contributed by atoms with Gasteiger partial charge in [-0.15, -0.1) is 5.10 Å². The first-order valence-corrected chi connectivity index (χ1v) is 8.78. The molecule has 3 rings (SSSR count). The van der Waals surface area contributed by atoms with Crippen LogP contribution in [0.25, 0.3) is 11.2 Å². The van der Waals surface area contributed by atoms with Crippen molar-refractivity contribution < 1.29 is 9.90 Å². The van der Waals surface area contributed by atoms with E-state index in [1.165, 1.54) is 0 Å². The molecule has 1 atom stereocenters. The van der Waals surface area contributed by atoms with Gasteiger partial charge >= 0.3 is 0 Å². The van der Waals surface area contributed by atoms with Crippen LogP contribution in [0.15, 0.2) is 24.3 Å². The van der Waals surface area contributed by atoms with E-state index in [0.29, 0.717) is 35.0 Å². The molecule has 4 N–H and O–H groups in total. The number of H-pyrrole nitrogens is 1. The van der Waals surface area contributed by atoms with E-state index in [9.17, 15) is 9.90 Å². The molecular formula is C18H23N7O2. The van der Waals surface area contributed by atoms with Crippen molar-refractivity contribution in [1.29, 1.82) is 0 Å². The van der Waals surface area contributed by atoms with Gasteiger partial charge in [0.2, 0.25) is 11.6 Å². The van der Waals surface area contributed by atoms with Crippen molar-refractivity contribution in [3.63, 3.8) is 0 Å². The maximum Gasteiger partial charge on any atom is 0.227 e. The number of nitrogens with zero attached hydrogens (tertiary/aromatic N) is 4. The average Bonchev–Trinajstić information content (AvgIpc) is 3.12. The van der Waals surface area contributed by atoms with Crippen LogP contribution in [0.3, 0.4) is 0 Å². The van der Waals surface area contributed by atoms with Gasteiger partial charge in [0.1, 0.15) is 5.52 Å². The molecule has 0 aliphatic heterocycles. The number of nitrogens with one attached hydrogen (secondary N) is 3. The Morgan fingerprint density at radius 1 is 1.26 bits per heavy atom. The minimum absolute atomic E-state index is 0.00789. The van der Waals surface area contributed by atoms with Crippen LogP contribution >= 0.6 is 0 Å². The number of rotatable bonds is 8. The highest BCUT2D eigenvalue weighted by Crippen LogP contribution is 2.20. The van der Waals surface area contributed by atoms with Crippen LogP contribution in [0.1, 0.15) is 36.7 Å². The number of aliphatic hydroxyl groups excluding tert-OH is 1. The molecule has 0 fully saturated rings. The summed E-state index contributed by atoms with van der Waals surface area (Å²) in [5, 5.41) is 26.4. The Hall–Kier alpha value is -3.07. The Kier molecular flexibility index (Phi) is 5.60. The zero-order chi connectivity index (χ0) is 19.4. The first-order valence-electron chi connectivity index (χ1n) is 8.78. The summed E-state index contributed by atoms with van der Waals surface area (Å²) >= 11 is 0. The minimum Gasteiger partial charge on any atom is -0.394 e. The monoisotopic (exact) mass is 369 g/mol. The summed E-state index contributed by atoms with van der Waals surface area (Å²) < 4.78 is 0. The maximum absolute atomic E-state index is 11.8. The molecule has 0 aliphatic carbocycles. The van der Waals surface area contributed by atoms with E-state index < -0.39 is 0 Å². The number of hydrogen-bond acceptors (Lipinski definition) is 8. The molecule has 9 nitrogen and oxygen atoms in total.